The third kappa shape index (κ3) is 2.86. The number of nitrogens with zero attached hydrogens (tertiary/aromatic N) is 1. The number of carbonyl (C=O) groups excluding carboxylic acids is 2. The number of hydrogen-bond donors (Lipinski definition) is 2. The van der Waals surface area contributed by atoms with E-state index >= 15 is 0 Å². The van der Waals surface area contributed by atoms with Gasteiger partial charge in [-0.25, -0.2) is 0 Å². The zero-order valence-corrected chi connectivity index (χ0v) is 12.9. The van der Waals surface area contributed by atoms with Gasteiger partial charge in [-0.2, -0.15) is 0 Å². The number of likely N-dealkylation sites (tertiary alicyclic amines) is 1. The first-order valence-electron chi connectivity index (χ1n) is 8.03. The molecule has 1 heterocycles. The topological polar surface area (TPSA) is 75.4 Å². The highest BCUT2D eigenvalue weighted by Crippen LogP contribution is 2.37. The molecule has 0 spiro atoms. The van der Waals surface area contributed by atoms with E-state index in [-0.39, 0.29) is 17.9 Å². The van der Waals surface area contributed by atoms with Crippen molar-refractivity contribution in [2.24, 2.45) is 17.6 Å². The second kappa shape index (κ2) is 6.08. The maximum Gasteiger partial charge on any atom is 0.253 e. The number of hydrogen-bond acceptors (Lipinski definition) is 3. The van der Waals surface area contributed by atoms with Crippen molar-refractivity contribution in [3.05, 3.63) is 29.8 Å². The molecule has 3 unspecified atom stereocenters. The second-order valence-electron chi connectivity index (χ2n) is 6.36. The van der Waals surface area contributed by atoms with Gasteiger partial charge in [0, 0.05) is 36.8 Å². The zero-order chi connectivity index (χ0) is 15.7. The van der Waals surface area contributed by atoms with E-state index in [2.05, 4.69) is 5.32 Å². The fraction of sp³-hybridized carbons (Fsp3) is 0.529. The first-order chi connectivity index (χ1) is 10.6. The van der Waals surface area contributed by atoms with Crippen molar-refractivity contribution in [2.75, 3.05) is 18.4 Å². The third-order valence-corrected chi connectivity index (χ3v) is 4.91. The summed E-state index contributed by atoms with van der Waals surface area (Å²) in [5.74, 6) is 0.995. The summed E-state index contributed by atoms with van der Waals surface area (Å²) in [6.45, 7) is 3.37. The molecule has 3 atom stereocenters. The van der Waals surface area contributed by atoms with Gasteiger partial charge in [-0.3, -0.25) is 9.59 Å². The number of amides is 2. The standard InChI is InChI=1S/C17H23N3O2/c1-2-16(21)19-13-5-3-4-11(8-13)17(22)20-9-12-6-7-15(18)14(12)10-20/h3-5,8,12,14-15H,2,6-7,9-10,18H2,1H3,(H,19,21). The molecule has 5 nitrogen and oxygen atoms in total. The van der Waals surface area contributed by atoms with Crippen LogP contribution in [0.15, 0.2) is 24.3 Å². The Morgan fingerprint density at radius 2 is 2.14 bits per heavy atom. The Bertz CT molecular complexity index is 587. The maximum absolute atomic E-state index is 12.7. The third-order valence-electron chi connectivity index (χ3n) is 4.91. The lowest BCUT2D eigenvalue weighted by atomic mass is 9.98. The number of nitrogens with two attached hydrogens (primary N) is 1. The summed E-state index contributed by atoms with van der Waals surface area (Å²) in [5.41, 5.74) is 7.43. The molecule has 5 heteroatoms. The van der Waals surface area contributed by atoms with E-state index in [9.17, 15) is 9.59 Å². The average molecular weight is 301 g/mol. The van der Waals surface area contributed by atoms with Gasteiger partial charge in [-0.1, -0.05) is 13.0 Å². The van der Waals surface area contributed by atoms with Crippen molar-refractivity contribution in [3.8, 4) is 0 Å². The van der Waals surface area contributed by atoms with E-state index < -0.39 is 0 Å². The van der Waals surface area contributed by atoms with Crippen LogP contribution in [0.3, 0.4) is 0 Å². The number of nitrogens with one attached hydrogen (secondary N) is 1. The smallest absolute Gasteiger partial charge is 0.253 e. The van der Waals surface area contributed by atoms with Gasteiger partial charge in [0.05, 0.1) is 0 Å². The van der Waals surface area contributed by atoms with Crippen LogP contribution in [0.5, 0.6) is 0 Å². The van der Waals surface area contributed by atoms with Crippen LogP contribution in [0.1, 0.15) is 36.5 Å². The summed E-state index contributed by atoms with van der Waals surface area (Å²) in [7, 11) is 0. The summed E-state index contributed by atoms with van der Waals surface area (Å²) < 4.78 is 0. The number of carbonyl (C=O) groups is 2. The summed E-state index contributed by atoms with van der Waals surface area (Å²) in [6, 6.07) is 7.40. The molecule has 118 valence electrons. The quantitative estimate of drug-likeness (QED) is 0.894. The summed E-state index contributed by atoms with van der Waals surface area (Å²) >= 11 is 0. The summed E-state index contributed by atoms with van der Waals surface area (Å²) in [4.78, 5) is 26.0. The molecule has 1 aliphatic heterocycles. The molecule has 0 radical (unpaired) electrons. The normalized spacial score (nSPS) is 26.8. The van der Waals surface area contributed by atoms with Gasteiger partial charge in [0.25, 0.3) is 5.91 Å². The van der Waals surface area contributed by atoms with Gasteiger partial charge in [-0.05, 0) is 42.9 Å². The van der Waals surface area contributed by atoms with Crippen LogP contribution in [0.25, 0.3) is 0 Å². The number of fused-ring (bicyclic) bond motifs is 1. The van der Waals surface area contributed by atoms with E-state index in [1.807, 2.05) is 4.90 Å². The Labute approximate surface area is 130 Å². The van der Waals surface area contributed by atoms with Gasteiger partial charge in [0.2, 0.25) is 5.91 Å². The van der Waals surface area contributed by atoms with Crippen LogP contribution in [0, 0.1) is 11.8 Å². The van der Waals surface area contributed by atoms with Crippen LogP contribution >= 0.6 is 0 Å². The predicted octanol–water partition coefficient (Wildman–Crippen LogP) is 1.84. The second-order valence-corrected chi connectivity index (χ2v) is 6.36. The summed E-state index contributed by atoms with van der Waals surface area (Å²) in [6.07, 6.45) is 2.63. The molecule has 1 aliphatic carbocycles. The SMILES string of the molecule is CCC(=O)Nc1cccc(C(=O)N2CC3CCC(N)C3C2)c1. The van der Waals surface area contributed by atoms with Gasteiger partial charge in [0.15, 0.2) is 0 Å². The maximum atomic E-state index is 12.7. The lowest BCUT2D eigenvalue weighted by Gasteiger charge is -2.19. The van der Waals surface area contributed by atoms with Gasteiger partial charge >= 0.3 is 0 Å². The first kappa shape index (κ1) is 15.0. The molecule has 0 bridgehead atoms. The Morgan fingerprint density at radius 3 is 2.86 bits per heavy atom. The Kier molecular flexibility index (Phi) is 4.16. The average Bonchev–Trinajstić information content (AvgIpc) is 3.09. The monoisotopic (exact) mass is 301 g/mol. The van der Waals surface area contributed by atoms with Crippen molar-refractivity contribution < 1.29 is 9.59 Å². The largest absolute Gasteiger partial charge is 0.338 e. The Balaban J connectivity index is 1.70. The Morgan fingerprint density at radius 1 is 1.32 bits per heavy atom. The molecule has 3 N–H and O–H groups in total. The lowest BCUT2D eigenvalue weighted by Crippen LogP contribution is -2.33. The minimum absolute atomic E-state index is 0.0363. The minimum Gasteiger partial charge on any atom is -0.338 e. The van der Waals surface area contributed by atoms with Gasteiger partial charge in [0.1, 0.15) is 0 Å². The van der Waals surface area contributed by atoms with Crippen LogP contribution in [0.4, 0.5) is 5.69 Å². The zero-order valence-electron chi connectivity index (χ0n) is 12.9. The van der Waals surface area contributed by atoms with E-state index in [1.54, 1.807) is 31.2 Å². The van der Waals surface area contributed by atoms with Crippen molar-refractivity contribution >= 4 is 17.5 Å². The van der Waals surface area contributed by atoms with Crippen LogP contribution < -0.4 is 11.1 Å². The fourth-order valence-electron chi connectivity index (χ4n) is 3.64. The van der Waals surface area contributed by atoms with E-state index in [0.29, 0.717) is 29.5 Å². The minimum atomic E-state index is -0.0497. The summed E-state index contributed by atoms with van der Waals surface area (Å²) in [5, 5.41) is 2.79. The number of benzene rings is 1. The van der Waals surface area contributed by atoms with Gasteiger partial charge < -0.3 is 16.0 Å². The molecule has 1 aromatic carbocycles. The fourth-order valence-corrected chi connectivity index (χ4v) is 3.64. The molecular formula is C17H23N3O2. The molecule has 2 amide bonds. The van der Waals surface area contributed by atoms with Crippen molar-refractivity contribution in [1.82, 2.24) is 4.90 Å². The molecule has 0 aromatic heterocycles. The molecule has 2 fully saturated rings. The molecule has 2 aliphatic rings. The first-order valence-corrected chi connectivity index (χ1v) is 8.03. The number of anilines is 1. The highest BCUT2D eigenvalue weighted by Gasteiger charge is 2.42. The van der Waals surface area contributed by atoms with Crippen molar-refractivity contribution in [3.63, 3.8) is 0 Å². The molecule has 3 rings (SSSR count). The van der Waals surface area contributed by atoms with Crippen molar-refractivity contribution in [2.45, 2.75) is 32.2 Å². The van der Waals surface area contributed by atoms with Crippen LogP contribution in [-0.4, -0.2) is 35.8 Å². The van der Waals surface area contributed by atoms with Crippen LogP contribution in [-0.2, 0) is 4.79 Å². The molecule has 1 saturated carbocycles. The van der Waals surface area contributed by atoms with E-state index in [0.717, 1.165) is 25.9 Å². The highest BCUT2D eigenvalue weighted by atomic mass is 16.2. The molecule has 1 saturated heterocycles. The highest BCUT2D eigenvalue weighted by molar-refractivity contribution is 5.97. The molecular weight excluding hydrogens is 278 g/mol. The Hall–Kier alpha value is -1.88. The van der Waals surface area contributed by atoms with Gasteiger partial charge in [-0.15, -0.1) is 0 Å². The number of rotatable bonds is 3. The molecule has 1 aromatic rings. The molecule has 22 heavy (non-hydrogen) atoms. The van der Waals surface area contributed by atoms with Crippen molar-refractivity contribution in [1.29, 1.82) is 0 Å². The predicted molar refractivity (Wildman–Crippen MR) is 85.5 cm³/mol. The van der Waals surface area contributed by atoms with E-state index in [4.69, 9.17) is 5.73 Å². The van der Waals surface area contributed by atoms with E-state index in [1.165, 1.54) is 0 Å². The lowest BCUT2D eigenvalue weighted by molar-refractivity contribution is -0.115. The van der Waals surface area contributed by atoms with Crippen LogP contribution in [0.2, 0.25) is 0 Å².